The van der Waals surface area contributed by atoms with Crippen molar-refractivity contribution in [3.63, 3.8) is 0 Å². The molecule has 0 aliphatic heterocycles. The molecule has 0 bridgehead atoms. The Bertz CT molecular complexity index is 429. The molecule has 4 heteroatoms. The number of benzene rings is 1. The monoisotopic (exact) mass is 297 g/mol. The van der Waals surface area contributed by atoms with Crippen LogP contribution in [0.2, 0.25) is 0 Å². The van der Waals surface area contributed by atoms with E-state index in [4.69, 9.17) is 4.74 Å². The topological polar surface area (TPSA) is 38.3 Å². The number of carbonyl (C=O) groups is 1. The van der Waals surface area contributed by atoms with E-state index in [0.717, 1.165) is 28.6 Å². The third kappa shape index (κ3) is 3.00. The summed E-state index contributed by atoms with van der Waals surface area (Å²) in [6, 6.07) is 5.89. The third-order valence-electron chi connectivity index (χ3n) is 2.98. The molecule has 1 aliphatic carbocycles. The number of halogens is 1. The molecule has 0 spiro atoms. The van der Waals surface area contributed by atoms with Gasteiger partial charge in [-0.25, -0.2) is 0 Å². The molecule has 0 aromatic heterocycles. The summed E-state index contributed by atoms with van der Waals surface area (Å²) >= 11 is 3.45. The van der Waals surface area contributed by atoms with Crippen LogP contribution in [0.25, 0.3) is 0 Å². The molecule has 1 fully saturated rings. The van der Waals surface area contributed by atoms with Crippen molar-refractivity contribution in [2.45, 2.75) is 25.8 Å². The van der Waals surface area contributed by atoms with Crippen LogP contribution in [0.15, 0.2) is 22.7 Å². The maximum absolute atomic E-state index is 11.6. The Morgan fingerprint density at radius 3 is 2.76 bits per heavy atom. The van der Waals surface area contributed by atoms with E-state index in [1.165, 1.54) is 0 Å². The summed E-state index contributed by atoms with van der Waals surface area (Å²) in [5.74, 6) is 1.22. The molecule has 1 aromatic rings. The second kappa shape index (κ2) is 5.08. The van der Waals surface area contributed by atoms with Gasteiger partial charge in [0.25, 0.3) is 0 Å². The van der Waals surface area contributed by atoms with Crippen LogP contribution in [0, 0.1) is 5.92 Å². The van der Waals surface area contributed by atoms with Crippen LogP contribution in [0.4, 0.5) is 0 Å². The summed E-state index contributed by atoms with van der Waals surface area (Å²) in [4.78, 5) is 11.6. The number of hydrogen-bond acceptors (Lipinski definition) is 2. The van der Waals surface area contributed by atoms with Gasteiger partial charge in [0.15, 0.2) is 0 Å². The zero-order valence-corrected chi connectivity index (χ0v) is 11.6. The number of amides is 1. The smallest absolute Gasteiger partial charge is 0.223 e. The van der Waals surface area contributed by atoms with Gasteiger partial charge < -0.3 is 10.1 Å². The Labute approximate surface area is 110 Å². The molecule has 1 N–H and O–H groups in total. The van der Waals surface area contributed by atoms with Crippen LogP contribution in [0.3, 0.4) is 0 Å². The van der Waals surface area contributed by atoms with Crippen LogP contribution < -0.4 is 10.1 Å². The van der Waals surface area contributed by atoms with Crippen molar-refractivity contribution in [2.75, 3.05) is 7.11 Å². The Balaban J connectivity index is 2.05. The van der Waals surface area contributed by atoms with Gasteiger partial charge in [-0.05, 0) is 53.4 Å². The van der Waals surface area contributed by atoms with Crippen molar-refractivity contribution in [1.82, 2.24) is 5.32 Å². The second-order valence-electron chi connectivity index (χ2n) is 4.40. The molecule has 17 heavy (non-hydrogen) atoms. The normalized spacial score (nSPS) is 16.4. The Morgan fingerprint density at radius 1 is 1.53 bits per heavy atom. The van der Waals surface area contributed by atoms with Gasteiger partial charge in [0.2, 0.25) is 5.91 Å². The first-order valence-electron chi connectivity index (χ1n) is 5.75. The first-order chi connectivity index (χ1) is 8.11. The lowest BCUT2D eigenvalue weighted by Crippen LogP contribution is -2.27. The maximum atomic E-state index is 11.6. The minimum absolute atomic E-state index is 0.0327. The maximum Gasteiger partial charge on any atom is 0.223 e. The van der Waals surface area contributed by atoms with Crippen molar-refractivity contribution in [3.8, 4) is 5.75 Å². The fourth-order valence-electron chi connectivity index (χ4n) is 1.71. The summed E-state index contributed by atoms with van der Waals surface area (Å²) in [5, 5.41) is 3.02. The van der Waals surface area contributed by atoms with Gasteiger partial charge in [0.1, 0.15) is 5.75 Å². The van der Waals surface area contributed by atoms with Crippen molar-refractivity contribution in [2.24, 2.45) is 5.92 Å². The molecule has 0 heterocycles. The number of nitrogens with one attached hydrogen (secondary N) is 1. The van der Waals surface area contributed by atoms with E-state index in [-0.39, 0.29) is 17.9 Å². The average molecular weight is 298 g/mol. The highest BCUT2D eigenvalue weighted by Crippen LogP contribution is 2.31. The lowest BCUT2D eigenvalue weighted by Gasteiger charge is -2.15. The highest BCUT2D eigenvalue weighted by molar-refractivity contribution is 9.10. The van der Waals surface area contributed by atoms with Gasteiger partial charge in [-0.1, -0.05) is 6.07 Å². The van der Waals surface area contributed by atoms with Crippen molar-refractivity contribution in [3.05, 3.63) is 28.2 Å². The van der Waals surface area contributed by atoms with Crippen LogP contribution in [0.1, 0.15) is 31.4 Å². The molecular weight excluding hydrogens is 282 g/mol. The molecule has 0 radical (unpaired) electrons. The second-order valence-corrected chi connectivity index (χ2v) is 5.25. The first kappa shape index (κ1) is 12.4. The van der Waals surface area contributed by atoms with Gasteiger partial charge >= 0.3 is 0 Å². The van der Waals surface area contributed by atoms with E-state index < -0.39 is 0 Å². The fraction of sp³-hybridized carbons (Fsp3) is 0.462. The predicted molar refractivity (Wildman–Crippen MR) is 70.0 cm³/mol. The molecule has 0 unspecified atom stereocenters. The number of rotatable bonds is 4. The quantitative estimate of drug-likeness (QED) is 0.928. The van der Waals surface area contributed by atoms with E-state index in [9.17, 15) is 4.79 Å². The van der Waals surface area contributed by atoms with E-state index in [0.29, 0.717) is 0 Å². The van der Waals surface area contributed by atoms with E-state index in [1.807, 2.05) is 25.1 Å². The molecular formula is C13H16BrNO2. The van der Waals surface area contributed by atoms with E-state index >= 15 is 0 Å². The number of methoxy groups -OCH3 is 1. The SMILES string of the molecule is COc1ccc([C@@H](C)NC(=O)C2CC2)cc1Br. The third-order valence-corrected chi connectivity index (χ3v) is 3.60. The van der Waals surface area contributed by atoms with E-state index in [2.05, 4.69) is 21.2 Å². The van der Waals surface area contributed by atoms with Crippen LogP contribution in [-0.4, -0.2) is 13.0 Å². The van der Waals surface area contributed by atoms with E-state index in [1.54, 1.807) is 7.11 Å². The number of ether oxygens (including phenoxy) is 1. The van der Waals surface area contributed by atoms with Gasteiger partial charge in [0.05, 0.1) is 17.6 Å². The average Bonchev–Trinajstić information content (AvgIpc) is 3.12. The summed E-state index contributed by atoms with van der Waals surface area (Å²) in [6.45, 7) is 1.99. The highest BCUT2D eigenvalue weighted by Gasteiger charge is 2.30. The van der Waals surface area contributed by atoms with Gasteiger partial charge in [-0.3, -0.25) is 4.79 Å². The Kier molecular flexibility index (Phi) is 3.72. The lowest BCUT2D eigenvalue weighted by atomic mass is 10.1. The zero-order valence-electron chi connectivity index (χ0n) is 10.00. The zero-order chi connectivity index (χ0) is 12.4. The minimum Gasteiger partial charge on any atom is -0.496 e. The molecule has 1 aromatic carbocycles. The minimum atomic E-state index is 0.0327. The highest BCUT2D eigenvalue weighted by atomic mass is 79.9. The fourth-order valence-corrected chi connectivity index (χ4v) is 2.27. The molecule has 0 saturated heterocycles. The molecule has 92 valence electrons. The summed E-state index contributed by atoms with van der Waals surface area (Å²) in [5.41, 5.74) is 1.08. The van der Waals surface area contributed by atoms with Crippen molar-refractivity contribution in [1.29, 1.82) is 0 Å². The summed E-state index contributed by atoms with van der Waals surface area (Å²) < 4.78 is 6.08. The molecule has 1 atom stereocenters. The standard InChI is InChI=1S/C13H16BrNO2/c1-8(15-13(16)9-3-4-9)10-5-6-12(17-2)11(14)7-10/h5-9H,3-4H2,1-2H3,(H,15,16)/t8-/m1/s1. The molecule has 1 aliphatic rings. The molecule has 2 rings (SSSR count). The first-order valence-corrected chi connectivity index (χ1v) is 6.55. The van der Waals surface area contributed by atoms with Crippen LogP contribution in [-0.2, 0) is 4.79 Å². The van der Waals surface area contributed by atoms with Crippen molar-refractivity contribution < 1.29 is 9.53 Å². The molecule has 1 saturated carbocycles. The predicted octanol–water partition coefficient (Wildman–Crippen LogP) is 3.04. The Hall–Kier alpha value is -1.03. The summed E-state index contributed by atoms with van der Waals surface area (Å²) in [7, 11) is 1.64. The molecule has 3 nitrogen and oxygen atoms in total. The van der Waals surface area contributed by atoms with Crippen molar-refractivity contribution >= 4 is 21.8 Å². The van der Waals surface area contributed by atoms with Gasteiger partial charge in [-0.15, -0.1) is 0 Å². The number of carbonyl (C=O) groups excluding carboxylic acids is 1. The summed E-state index contributed by atoms with van der Waals surface area (Å²) in [6.07, 6.45) is 2.07. The van der Waals surface area contributed by atoms with Crippen LogP contribution >= 0.6 is 15.9 Å². The number of hydrogen-bond donors (Lipinski definition) is 1. The van der Waals surface area contributed by atoms with Crippen LogP contribution in [0.5, 0.6) is 5.75 Å². The largest absolute Gasteiger partial charge is 0.496 e. The molecule has 1 amide bonds. The van der Waals surface area contributed by atoms with Gasteiger partial charge in [-0.2, -0.15) is 0 Å². The lowest BCUT2D eigenvalue weighted by molar-refractivity contribution is -0.122. The Morgan fingerprint density at radius 2 is 2.24 bits per heavy atom. The van der Waals surface area contributed by atoms with Gasteiger partial charge in [0, 0.05) is 5.92 Å².